The van der Waals surface area contributed by atoms with Crippen molar-refractivity contribution in [2.75, 3.05) is 12.0 Å². The minimum atomic E-state index is -1.43. The van der Waals surface area contributed by atoms with Gasteiger partial charge < -0.3 is 9.84 Å². The Morgan fingerprint density at radius 3 is 2.55 bits per heavy atom. The summed E-state index contributed by atoms with van der Waals surface area (Å²) in [7, 11) is 2.77. The number of phenols is 1. The maximum Gasteiger partial charge on any atom is 0.347 e. The van der Waals surface area contributed by atoms with Gasteiger partial charge in [-0.2, -0.15) is 0 Å². The number of halogens is 3. The van der Waals surface area contributed by atoms with Crippen molar-refractivity contribution >= 4 is 45.0 Å². The van der Waals surface area contributed by atoms with Crippen LogP contribution in [0.25, 0.3) is 0 Å². The number of benzene rings is 2. The van der Waals surface area contributed by atoms with E-state index in [1.807, 2.05) is 0 Å². The highest BCUT2D eigenvalue weighted by Gasteiger charge is 2.66. The second kappa shape index (κ2) is 8.93. The Bertz CT molecular complexity index is 1790. The number of fused-ring (bicyclic) bond motifs is 4. The first-order chi connectivity index (χ1) is 18.9. The van der Waals surface area contributed by atoms with Crippen molar-refractivity contribution in [3.63, 3.8) is 0 Å². The van der Waals surface area contributed by atoms with Crippen molar-refractivity contribution in [1.29, 1.82) is 0 Å². The predicted octanol–water partition coefficient (Wildman–Crippen LogP) is 3.48. The quantitative estimate of drug-likeness (QED) is 0.349. The van der Waals surface area contributed by atoms with Crippen LogP contribution in [0, 0.1) is 17.2 Å². The number of allylic oxidation sites excluding steroid dienone is 2. The minimum Gasteiger partial charge on any atom is -0.504 e. The predicted molar refractivity (Wildman–Crippen MR) is 146 cm³/mol. The van der Waals surface area contributed by atoms with Crippen LogP contribution < -0.4 is 21.0 Å². The van der Waals surface area contributed by atoms with E-state index in [0.29, 0.717) is 15.6 Å². The van der Waals surface area contributed by atoms with Gasteiger partial charge in [0, 0.05) is 23.0 Å². The Balaban J connectivity index is 1.62. The van der Waals surface area contributed by atoms with E-state index in [4.69, 9.17) is 16.3 Å². The summed E-state index contributed by atoms with van der Waals surface area (Å²) in [4.78, 5) is 55.4. The van der Waals surface area contributed by atoms with E-state index in [-0.39, 0.29) is 35.2 Å². The Morgan fingerprint density at radius 2 is 1.88 bits per heavy atom. The van der Waals surface area contributed by atoms with Crippen molar-refractivity contribution in [1.82, 2.24) is 13.9 Å². The van der Waals surface area contributed by atoms with Crippen molar-refractivity contribution in [3.8, 4) is 11.5 Å². The maximum absolute atomic E-state index is 14.3. The number of hydrogen-bond acceptors (Lipinski definition) is 6. The fourth-order valence-electron chi connectivity index (χ4n) is 6.57. The number of ether oxygens (including phenoxy) is 1. The van der Waals surface area contributed by atoms with Crippen LogP contribution in [0.3, 0.4) is 0 Å². The molecule has 1 aliphatic carbocycles. The Hall–Kier alpha value is -3.64. The van der Waals surface area contributed by atoms with Crippen LogP contribution in [0.15, 0.2) is 56.0 Å². The van der Waals surface area contributed by atoms with Gasteiger partial charge in [0.05, 0.1) is 41.7 Å². The third-order valence-electron chi connectivity index (χ3n) is 8.49. The molecular weight excluding hydrogens is 611 g/mol. The van der Waals surface area contributed by atoms with Crippen LogP contribution in [0.1, 0.15) is 30.9 Å². The molecule has 208 valence electrons. The number of carbonyl (C=O) groups is 2. The third-order valence-corrected chi connectivity index (χ3v) is 9.24. The molecule has 4 atom stereocenters. The molecule has 0 unspecified atom stereocenters. The average molecular weight is 634 g/mol. The molecule has 0 spiro atoms. The zero-order chi connectivity index (χ0) is 28.8. The lowest BCUT2D eigenvalue weighted by Crippen LogP contribution is -2.49. The van der Waals surface area contributed by atoms with Crippen LogP contribution in [-0.4, -0.2) is 38.0 Å². The average Bonchev–Trinajstić information content (AvgIpc) is 3.26. The number of imide groups is 1. The first-order valence-corrected chi connectivity index (χ1v) is 13.6. The summed E-state index contributed by atoms with van der Waals surface area (Å²) >= 11 is 9.45. The third kappa shape index (κ3) is 3.38. The number of amides is 2. The summed E-state index contributed by atoms with van der Waals surface area (Å²) < 4.78 is 23.5. The summed E-state index contributed by atoms with van der Waals surface area (Å²) in [6.45, 7) is 1.72. The molecule has 2 aromatic carbocycles. The molecule has 1 saturated carbocycles. The monoisotopic (exact) mass is 632 g/mol. The van der Waals surface area contributed by atoms with Gasteiger partial charge in [-0.15, -0.1) is 0 Å². The number of aromatic nitrogens is 3. The van der Waals surface area contributed by atoms with Gasteiger partial charge >= 0.3 is 11.4 Å². The molecule has 3 heterocycles. The van der Waals surface area contributed by atoms with Gasteiger partial charge in [-0.1, -0.05) is 33.6 Å². The molecule has 13 heteroatoms. The van der Waals surface area contributed by atoms with Crippen LogP contribution >= 0.6 is 27.5 Å². The number of rotatable bonds is 3. The molecular formula is C27H23BrClFN4O6. The van der Waals surface area contributed by atoms with Crippen LogP contribution in [0.2, 0.25) is 5.02 Å². The number of methoxy groups -OCH3 is 1. The molecule has 2 fully saturated rings. The molecule has 6 rings (SSSR count). The molecule has 2 amide bonds. The van der Waals surface area contributed by atoms with Gasteiger partial charge in [-0.05, 0) is 49.2 Å². The van der Waals surface area contributed by atoms with Gasteiger partial charge in [-0.3, -0.25) is 9.59 Å². The second-order valence-corrected chi connectivity index (χ2v) is 11.7. The summed E-state index contributed by atoms with van der Waals surface area (Å²) in [6.07, 6.45) is 1.82. The molecule has 10 nitrogen and oxygen atoms in total. The molecule has 1 saturated heterocycles. The summed E-state index contributed by atoms with van der Waals surface area (Å²) in [5, 5.41) is 11.1. The maximum atomic E-state index is 14.3. The molecule has 40 heavy (non-hydrogen) atoms. The lowest BCUT2D eigenvalue weighted by atomic mass is 9.56. The summed E-state index contributed by atoms with van der Waals surface area (Å²) in [5.74, 6) is -3.74. The van der Waals surface area contributed by atoms with Crippen LogP contribution in [0.5, 0.6) is 11.5 Å². The van der Waals surface area contributed by atoms with Crippen molar-refractivity contribution < 1.29 is 23.8 Å². The number of phenolic OH excluding ortho intramolecular Hbond substituents is 1. The lowest BCUT2D eigenvalue weighted by molar-refractivity contribution is -0.129. The van der Waals surface area contributed by atoms with Crippen molar-refractivity contribution in [2.45, 2.75) is 31.8 Å². The zero-order valence-electron chi connectivity index (χ0n) is 21.5. The zero-order valence-corrected chi connectivity index (χ0v) is 23.9. The number of aromatic hydroxyl groups is 1. The summed E-state index contributed by atoms with van der Waals surface area (Å²) in [5.41, 5.74) is -1.45. The number of nitrogens with zero attached hydrogens (tertiary/aromatic N) is 4. The van der Waals surface area contributed by atoms with Crippen molar-refractivity contribution in [2.24, 2.45) is 18.4 Å². The SMILES string of the molecule is COc1cc(Br)cc([C@H]2C3=CCn4c(=O)n(C)c(=O)n4[C@@H]3C[C@H]3C(=O)N(c4ccc(F)c(Cl)c4)C(=O)[C@@]23C)c1O. The molecule has 0 radical (unpaired) electrons. The normalized spacial score (nSPS) is 25.4. The number of anilines is 1. The fraction of sp³-hybridized carbons (Fsp3) is 0.333. The first-order valence-electron chi connectivity index (χ1n) is 12.4. The molecule has 1 aromatic heterocycles. The standard InChI is InChI=1S/C27H23BrClFN4O6/c1-27-16(23(36)33(24(27)37)13-4-5-18(30)17(29)10-13)11-19-14(6-7-32-25(38)31(2)26(39)34(19)32)21(27)15-8-12(28)9-20(40-3)22(15)35/h4-6,8-10,16,19,21,35H,7,11H2,1-3H3/t16-,19+,21+,27+/m0/s1. The lowest BCUT2D eigenvalue weighted by Gasteiger charge is -2.47. The number of carbonyl (C=O) groups excluding carboxylic acids is 2. The van der Waals surface area contributed by atoms with E-state index in [1.165, 1.54) is 35.7 Å². The fourth-order valence-corrected chi connectivity index (χ4v) is 7.20. The van der Waals surface area contributed by atoms with E-state index in [9.17, 15) is 28.7 Å². The van der Waals surface area contributed by atoms with Gasteiger partial charge in [-0.25, -0.2) is 32.8 Å². The Labute approximate surface area is 239 Å². The first kappa shape index (κ1) is 26.6. The molecule has 3 aliphatic rings. The molecule has 0 bridgehead atoms. The molecule has 2 aliphatic heterocycles. The highest BCUT2D eigenvalue weighted by atomic mass is 79.9. The van der Waals surface area contributed by atoms with E-state index in [0.717, 1.165) is 15.5 Å². The van der Waals surface area contributed by atoms with E-state index < -0.39 is 52.3 Å². The van der Waals surface area contributed by atoms with E-state index in [1.54, 1.807) is 25.1 Å². The Morgan fingerprint density at radius 1 is 1.15 bits per heavy atom. The van der Waals surface area contributed by atoms with Gasteiger partial charge in [0.15, 0.2) is 11.5 Å². The van der Waals surface area contributed by atoms with Gasteiger partial charge in [0.2, 0.25) is 11.8 Å². The molecule has 3 aromatic rings. The smallest absolute Gasteiger partial charge is 0.347 e. The minimum absolute atomic E-state index is 0.0457. The van der Waals surface area contributed by atoms with Crippen LogP contribution in [0.4, 0.5) is 10.1 Å². The van der Waals surface area contributed by atoms with Crippen LogP contribution in [-0.2, 0) is 23.2 Å². The largest absolute Gasteiger partial charge is 0.504 e. The van der Waals surface area contributed by atoms with E-state index >= 15 is 0 Å². The van der Waals surface area contributed by atoms with E-state index in [2.05, 4.69) is 15.9 Å². The highest BCUT2D eigenvalue weighted by Crippen LogP contribution is 2.63. The highest BCUT2D eigenvalue weighted by molar-refractivity contribution is 9.10. The topological polar surface area (TPSA) is 116 Å². The van der Waals surface area contributed by atoms with Crippen molar-refractivity contribution in [3.05, 3.63) is 83.8 Å². The summed E-state index contributed by atoms with van der Waals surface area (Å²) in [6, 6.07) is 6.07. The Kier molecular flexibility index (Phi) is 5.94. The van der Waals surface area contributed by atoms with Gasteiger partial charge in [0.25, 0.3) is 0 Å². The van der Waals surface area contributed by atoms with Gasteiger partial charge in [0.1, 0.15) is 5.82 Å². The number of hydrogen-bond donors (Lipinski definition) is 1. The second-order valence-electron chi connectivity index (χ2n) is 10.4. The molecule has 1 N–H and O–H groups in total.